The van der Waals surface area contributed by atoms with Crippen molar-refractivity contribution in [3.8, 4) is 5.75 Å². The van der Waals surface area contributed by atoms with Gasteiger partial charge in [0.25, 0.3) is 0 Å². The van der Waals surface area contributed by atoms with Crippen LogP contribution in [0.15, 0.2) is 77.7 Å². The predicted molar refractivity (Wildman–Crippen MR) is 132 cm³/mol. The van der Waals surface area contributed by atoms with Crippen molar-refractivity contribution in [2.45, 2.75) is 44.2 Å². The molecule has 0 aromatic heterocycles. The van der Waals surface area contributed by atoms with Crippen LogP contribution in [-0.2, 0) is 34.2 Å². The minimum absolute atomic E-state index is 0.114. The lowest BCUT2D eigenvalue weighted by molar-refractivity contribution is -0.133. The molecule has 4 rings (SSSR count). The van der Waals surface area contributed by atoms with Crippen molar-refractivity contribution in [3.63, 3.8) is 0 Å². The molecule has 0 saturated carbocycles. The van der Waals surface area contributed by atoms with E-state index in [9.17, 15) is 13.2 Å². The van der Waals surface area contributed by atoms with Gasteiger partial charge in [-0.2, -0.15) is 4.72 Å². The Bertz CT molecular complexity index is 1260. The summed E-state index contributed by atoms with van der Waals surface area (Å²) in [4.78, 5) is 15.5. The number of sulfonamides is 1. The number of hydrogen-bond acceptors (Lipinski definition) is 4. The molecule has 0 unspecified atom stereocenters. The molecule has 34 heavy (non-hydrogen) atoms. The fourth-order valence-electron chi connectivity index (χ4n) is 4.30. The van der Waals surface area contributed by atoms with Gasteiger partial charge < -0.3 is 9.64 Å². The van der Waals surface area contributed by atoms with Gasteiger partial charge in [-0.05, 0) is 67.1 Å². The molecule has 3 aromatic rings. The number of amides is 1. The quantitative estimate of drug-likeness (QED) is 0.533. The van der Waals surface area contributed by atoms with Crippen LogP contribution in [0.4, 0.5) is 0 Å². The third-order valence-electron chi connectivity index (χ3n) is 6.08. The van der Waals surface area contributed by atoms with E-state index in [2.05, 4.69) is 10.8 Å². The zero-order valence-electron chi connectivity index (χ0n) is 19.5. The maximum absolute atomic E-state index is 13.6. The molecule has 178 valence electrons. The van der Waals surface area contributed by atoms with Crippen molar-refractivity contribution in [2.24, 2.45) is 0 Å². The van der Waals surface area contributed by atoms with E-state index in [4.69, 9.17) is 4.74 Å². The fraction of sp³-hybridized carbons (Fsp3) is 0.296. The van der Waals surface area contributed by atoms with Crippen LogP contribution in [0.25, 0.3) is 0 Å². The number of rotatable bonds is 8. The third kappa shape index (κ3) is 5.48. The highest BCUT2D eigenvalue weighted by atomic mass is 32.2. The van der Waals surface area contributed by atoms with E-state index in [1.165, 1.54) is 11.6 Å². The first-order chi connectivity index (χ1) is 16.4. The molecule has 0 fully saturated rings. The van der Waals surface area contributed by atoms with Crippen molar-refractivity contribution in [2.75, 3.05) is 13.2 Å². The summed E-state index contributed by atoms with van der Waals surface area (Å²) >= 11 is 0. The normalized spacial score (nSPS) is 14.4. The summed E-state index contributed by atoms with van der Waals surface area (Å²) in [5, 5.41) is 0. The van der Waals surface area contributed by atoms with E-state index in [1.807, 2.05) is 62.4 Å². The Kier molecular flexibility index (Phi) is 7.34. The highest BCUT2D eigenvalue weighted by Gasteiger charge is 2.31. The Hall–Kier alpha value is -3.16. The molecule has 1 aliphatic rings. The van der Waals surface area contributed by atoms with Gasteiger partial charge in [-0.15, -0.1) is 0 Å². The van der Waals surface area contributed by atoms with E-state index in [0.717, 1.165) is 23.1 Å². The number of fused-ring (bicyclic) bond motifs is 1. The molecule has 0 bridgehead atoms. The Morgan fingerprint density at radius 1 is 1.03 bits per heavy atom. The average molecular weight is 479 g/mol. The molecule has 1 atom stereocenters. The zero-order valence-corrected chi connectivity index (χ0v) is 20.3. The van der Waals surface area contributed by atoms with Crippen molar-refractivity contribution in [1.82, 2.24) is 9.62 Å². The van der Waals surface area contributed by atoms with E-state index < -0.39 is 16.1 Å². The van der Waals surface area contributed by atoms with Crippen LogP contribution in [0.2, 0.25) is 0 Å². The summed E-state index contributed by atoms with van der Waals surface area (Å²) in [7, 11) is -3.93. The molecule has 1 aliphatic heterocycles. The number of carbonyl (C=O) groups is 1. The first-order valence-corrected chi connectivity index (χ1v) is 13.0. The van der Waals surface area contributed by atoms with Gasteiger partial charge in [0.2, 0.25) is 15.9 Å². The molecule has 0 saturated heterocycles. The number of aryl methyl sites for hydroxylation is 1. The van der Waals surface area contributed by atoms with Gasteiger partial charge in [0.15, 0.2) is 0 Å². The van der Waals surface area contributed by atoms with Crippen molar-refractivity contribution >= 4 is 15.9 Å². The standard InChI is InChI=1S/C27H30N2O4S/c1-3-33-26-14-13-24(17-20(26)2)34(31,32)28-25(18-21-9-5-4-6-10-21)27(30)29-16-15-22-11-7-8-12-23(22)19-29/h4-14,17,25,28H,3,15-16,18-19H2,1-2H3/t25-/m0/s1. The molecule has 1 N–H and O–H groups in total. The number of hydrogen-bond donors (Lipinski definition) is 1. The molecular formula is C27H30N2O4S. The number of benzene rings is 3. The monoisotopic (exact) mass is 478 g/mol. The van der Waals surface area contributed by atoms with Crippen molar-refractivity contribution < 1.29 is 17.9 Å². The molecule has 7 heteroatoms. The lowest BCUT2D eigenvalue weighted by Crippen LogP contribution is -2.50. The van der Waals surface area contributed by atoms with Gasteiger partial charge in [-0.1, -0.05) is 54.6 Å². The molecule has 0 spiro atoms. The Morgan fingerprint density at radius 3 is 2.44 bits per heavy atom. The summed E-state index contributed by atoms with van der Waals surface area (Å²) in [5.74, 6) is 0.426. The van der Waals surface area contributed by atoms with Gasteiger partial charge in [-0.3, -0.25) is 4.79 Å². The zero-order chi connectivity index (χ0) is 24.1. The SMILES string of the molecule is CCOc1ccc(S(=O)(=O)N[C@@H](Cc2ccccc2)C(=O)N2CCc3ccccc3C2)cc1C. The van der Waals surface area contributed by atoms with Crippen molar-refractivity contribution in [1.29, 1.82) is 0 Å². The number of nitrogens with one attached hydrogen (secondary N) is 1. The van der Waals surface area contributed by atoms with E-state index in [-0.39, 0.29) is 17.2 Å². The Labute approximate surface area is 201 Å². The number of ether oxygens (including phenoxy) is 1. The number of nitrogens with zero attached hydrogens (tertiary/aromatic N) is 1. The third-order valence-corrected chi connectivity index (χ3v) is 7.55. The van der Waals surface area contributed by atoms with Crippen LogP contribution in [0.5, 0.6) is 5.75 Å². The second-order valence-corrected chi connectivity index (χ2v) is 10.2. The predicted octanol–water partition coefficient (Wildman–Crippen LogP) is 3.87. The molecule has 0 aliphatic carbocycles. The van der Waals surface area contributed by atoms with Crippen LogP contribution >= 0.6 is 0 Å². The summed E-state index contributed by atoms with van der Waals surface area (Å²) in [6.07, 6.45) is 1.03. The highest BCUT2D eigenvalue weighted by molar-refractivity contribution is 7.89. The summed E-state index contributed by atoms with van der Waals surface area (Å²) in [5.41, 5.74) is 3.95. The van der Waals surface area contributed by atoms with Gasteiger partial charge in [0.1, 0.15) is 11.8 Å². The van der Waals surface area contributed by atoms with Crippen LogP contribution < -0.4 is 9.46 Å². The topological polar surface area (TPSA) is 75.7 Å². The van der Waals surface area contributed by atoms with Crippen LogP contribution in [0.1, 0.15) is 29.2 Å². The second-order valence-electron chi connectivity index (χ2n) is 8.50. The minimum Gasteiger partial charge on any atom is -0.494 e. The summed E-state index contributed by atoms with van der Waals surface area (Å²) in [6, 6.07) is 21.4. The Balaban J connectivity index is 1.60. The highest BCUT2D eigenvalue weighted by Crippen LogP contribution is 2.23. The fourth-order valence-corrected chi connectivity index (χ4v) is 5.57. The maximum atomic E-state index is 13.6. The van der Waals surface area contributed by atoms with Crippen LogP contribution in [-0.4, -0.2) is 38.4 Å². The Morgan fingerprint density at radius 2 is 1.74 bits per heavy atom. The maximum Gasteiger partial charge on any atom is 0.241 e. The molecular weight excluding hydrogens is 448 g/mol. The van der Waals surface area contributed by atoms with Crippen LogP contribution in [0, 0.1) is 6.92 Å². The summed E-state index contributed by atoms with van der Waals surface area (Å²) < 4.78 is 34.9. The molecule has 1 heterocycles. The summed E-state index contributed by atoms with van der Waals surface area (Å²) in [6.45, 7) is 5.22. The van der Waals surface area contributed by atoms with Gasteiger partial charge in [0.05, 0.1) is 11.5 Å². The smallest absolute Gasteiger partial charge is 0.241 e. The molecule has 1 amide bonds. The first-order valence-electron chi connectivity index (χ1n) is 11.5. The first kappa shape index (κ1) is 24.0. The van der Waals surface area contributed by atoms with Crippen LogP contribution in [0.3, 0.4) is 0 Å². The van der Waals surface area contributed by atoms with Gasteiger partial charge in [-0.25, -0.2) is 8.42 Å². The second kappa shape index (κ2) is 10.4. The number of carbonyl (C=O) groups excluding carboxylic acids is 1. The van der Waals surface area contributed by atoms with E-state index in [0.29, 0.717) is 25.4 Å². The molecule has 3 aromatic carbocycles. The van der Waals surface area contributed by atoms with Gasteiger partial charge in [0, 0.05) is 13.1 Å². The minimum atomic E-state index is -3.93. The molecule has 6 nitrogen and oxygen atoms in total. The lowest BCUT2D eigenvalue weighted by atomic mass is 9.98. The average Bonchev–Trinajstić information content (AvgIpc) is 2.84. The largest absolute Gasteiger partial charge is 0.494 e. The van der Waals surface area contributed by atoms with Gasteiger partial charge >= 0.3 is 0 Å². The van der Waals surface area contributed by atoms with E-state index in [1.54, 1.807) is 17.0 Å². The molecule has 0 radical (unpaired) electrons. The lowest BCUT2D eigenvalue weighted by Gasteiger charge is -2.32. The van der Waals surface area contributed by atoms with E-state index >= 15 is 0 Å². The van der Waals surface area contributed by atoms with Crippen molar-refractivity contribution in [3.05, 3.63) is 95.1 Å².